The number of fused-ring (bicyclic) bond motifs is 1. The molecule has 1 aliphatic rings. The highest BCUT2D eigenvalue weighted by Gasteiger charge is 2.41. The smallest absolute Gasteiger partial charge is 0.249 e. The first-order valence-corrected chi connectivity index (χ1v) is 12.9. The number of carbonyl (C=O) groups excluding carboxylic acids is 1. The summed E-state index contributed by atoms with van der Waals surface area (Å²) in [5.41, 5.74) is 2.36. The summed E-state index contributed by atoms with van der Waals surface area (Å²) in [5.74, 6) is 5.55. The van der Waals surface area contributed by atoms with Crippen LogP contribution >= 0.6 is 23.2 Å². The normalized spacial score (nSPS) is 15.9. The Kier molecular flexibility index (Phi) is 9.06. The van der Waals surface area contributed by atoms with Crippen molar-refractivity contribution in [2.24, 2.45) is 5.41 Å². The number of hydrogen-bond acceptors (Lipinski definition) is 5. The van der Waals surface area contributed by atoms with E-state index >= 15 is 4.39 Å². The summed E-state index contributed by atoms with van der Waals surface area (Å²) in [5, 5.41) is 10.2. The average molecular weight is 562 g/mol. The second-order valence-electron chi connectivity index (χ2n) is 9.34. The number of hydroxylamine groups is 1. The van der Waals surface area contributed by atoms with E-state index in [1.54, 1.807) is 29.7 Å². The summed E-state index contributed by atoms with van der Waals surface area (Å²) in [6.07, 6.45) is 1.08. The van der Waals surface area contributed by atoms with Gasteiger partial charge in [0.1, 0.15) is 17.7 Å². The van der Waals surface area contributed by atoms with Crippen molar-refractivity contribution in [3.63, 3.8) is 0 Å². The molecule has 6 nitrogen and oxygen atoms in total. The molecule has 1 aliphatic heterocycles. The molecule has 10 heteroatoms. The molecule has 0 unspecified atom stereocenters. The van der Waals surface area contributed by atoms with Crippen molar-refractivity contribution < 1.29 is 23.5 Å². The van der Waals surface area contributed by atoms with E-state index in [1.807, 2.05) is 0 Å². The van der Waals surface area contributed by atoms with Gasteiger partial charge < -0.3 is 4.74 Å². The predicted octanol–water partition coefficient (Wildman–Crippen LogP) is 6.12. The molecule has 0 aliphatic carbocycles. The molecule has 0 radical (unpaired) electrons. The van der Waals surface area contributed by atoms with Crippen molar-refractivity contribution in [2.45, 2.75) is 31.9 Å². The van der Waals surface area contributed by atoms with Crippen molar-refractivity contribution in [1.82, 2.24) is 15.4 Å². The summed E-state index contributed by atoms with van der Waals surface area (Å²) in [6.45, 7) is 1.52. The third kappa shape index (κ3) is 6.19. The molecule has 1 aromatic heterocycles. The van der Waals surface area contributed by atoms with Gasteiger partial charge in [-0.15, -0.1) is 0 Å². The van der Waals surface area contributed by atoms with Gasteiger partial charge in [-0.25, -0.2) is 14.3 Å². The highest BCUT2D eigenvalue weighted by molar-refractivity contribution is 6.32. The average Bonchev–Trinajstić information content (AvgIpc) is 2.93. The number of piperidine rings is 1. The number of aromatic nitrogens is 1. The molecule has 0 bridgehead atoms. The molecule has 0 saturated carbocycles. The lowest BCUT2D eigenvalue weighted by molar-refractivity contribution is -0.143. The van der Waals surface area contributed by atoms with Gasteiger partial charge in [0.2, 0.25) is 5.91 Å². The molecule has 200 valence electrons. The van der Waals surface area contributed by atoms with Gasteiger partial charge in [0, 0.05) is 35.8 Å². The SMILES string of the molecule is COc1ccc2ncc(Cl)c([C@H](F)CCC3(C(=O)NO)CCN(CC#Cc4ccc(F)c(Cl)c4)CC3)c2c1. The Morgan fingerprint density at radius 1 is 1.24 bits per heavy atom. The number of hydrogen-bond donors (Lipinski definition) is 2. The van der Waals surface area contributed by atoms with Crippen LogP contribution in [0.1, 0.15) is 43.0 Å². The maximum absolute atomic E-state index is 15.7. The van der Waals surface area contributed by atoms with Gasteiger partial charge in [0.05, 0.1) is 34.6 Å². The zero-order chi connectivity index (χ0) is 27.3. The molecular weight excluding hydrogens is 535 g/mol. The second-order valence-corrected chi connectivity index (χ2v) is 10.2. The zero-order valence-electron chi connectivity index (χ0n) is 20.7. The van der Waals surface area contributed by atoms with E-state index in [4.69, 9.17) is 27.9 Å². The number of carbonyl (C=O) groups is 1. The highest BCUT2D eigenvalue weighted by atomic mass is 35.5. The molecule has 2 N–H and O–H groups in total. The predicted molar refractivity (Wildman–Crippen MR) is 143 cm³/mol. The minimum absolute atomic E-state index is 0.0147. The van der Waals surface area contributed by atoms with Crippen LogP contribution in [0.3, 0.4) is 0 Å². The maximum atomic E-state index is 15.7. The Labute approximate surface area is 229 Å². The van der Waals surface area contributed by atoms with Gasteiger partial charge in [-0.3, -0.25) is 19.9 Å². The molecule has 4 rings (SSSR count). The van der Waals surface area contributed by atoms with E-state index in [-0.39, 0.29) is 22.9 Å². The van der Waals surface area contributed by atoms with Gasteiger partial charge in [-0.05, 0) is 62.1 Å². The number of alkyl halides is 1. The summed E-state index contributed by atoms with van der Waals surface area (Å²) < 4.78 is 34.3. The molecule has 1 atom stereocenters. The number of rotatable bonds is 7. The number of pyridine rings is 1. The zero-order valence-corrected chi connectivity index (χ0v) is 22.3. The van der Waals surface area contributed by atoms with E-state index in [0.717, 1.165) is 0 Å². The maximum Gasteiger partial charge on any atom is 0.249 e. The van der Waals surface area contributed by atoms with Crippen molar-refractivity contribution in [3.8, 4) is 17.6 Å². The van der Waals surface area contributed by atoms with Gasteiger partial charge >= 0.3 is 0 Å². The van der Waals surface area contributed by atoms with E-state index in [2.05, 4.69) is 21.7 Å². The first-order valence-electron chi connectivity index (χ1n) is 12.1. The van der Waals surface area contributed by atoms with Crippen LogP contribution in [0.2, 0.25) is 10.0 Å². The highest BCUT2D eigenvalue weighted by Crippen LogP contribution is 2.42. The van der Waals surface area contributed by atoms with Crippen LogP contribution in [0.15, 0.2) is 42.6 Å². The number of ether oxygens (including phenoxy) is 1. The van der Waals surface area contributed by atoms with Crippen molar-refractivity contribution >= 4 is 40.0 Å². The lowest BCUT2D eigenvalue weighted by Gasteiger charge is -2.40. The largest absolute Gasteiger partial charge is 0.497 e. The van der Waals surface area contributed by atoms with E-state index < -0.39 is 23.3 Å². The molecule has 38 heavy (non-hydrogen) atoms. The fourth-order valence-corrected chi connectivity index (χ4v) is 5.29. The standard InChI is InChI=1S/C28H27Cl2F2N3O3/c1-38-19-5-7-25-20(16-19)26(22(30)17-33-25)24(32)8-9-28(27(36)34-37)10-13-35(14-11-28)12-2-3-18-4-6-23(31)21(29)15-18/h4-7,15-17,24,37H,8-14H2,1H3,(H,34,36)/t24-/m1/s1. The van der Waals surface area contributed by atoms with Gasteiger partial charge in [0.25, 0.3) is 0 Å². The van der Waals surface area contributed by atoms with E-state index in [0.29, 0.717) is 60.3 Å². The van der Waals surface area contributed by atoms with Crippen LogP contribution in [0.5, 0.6) is 5.75 Å². The Hall–Kier alpha value is -2.96. The number of nitrogens with one attached hydrogen (secondary N) is 1. The molecule has 2 heterocycles. The van der Waals surface area contributed by atoms with Gasteiger partial charge in [-0.2, -0.15) is 0 Å². The minimum atomic E-state index is -1.45. The number of amides is 1. The minimum Gasteiger partial charge on any atom is -0.497 e. The fraction of sp³-hybridized carbons (Fsp3) is 0.357. The first kappa shape index (κ1) is 28.1. The summed E-state index contributed by atoms with van der Waals surface area (Å²) >= 11 is 12.2. The third-order valence-electron chi connectivity index (χ3n) is 7.11. The number of likely N-dealkylation sites (tertiary alicyclic amines) is 1. The fourth-order valence-electron chi connectivity index (χ4n) is 4.84. The summed E-state index contributed by atoms with van der Waals surface area (Å²) in [7, 11) is 1.53. The summed E-state index contributed by atoms with van der Waals surface area (Å²) in [6, 6.07) is 9.48. The molecular formula is C28H27Cl2F2N3O3. The topological polar surface area (TPSA) is 74.7 Å². The molecule has 1 saturated heterocycles. The van der Waals surface area contributed by atoms with Crippen molar-refractivity contribution in [2.75, 3.05) is 26.7 Å². The van der Waals surface area contributed by atoms with Crippen LogP contribution < -0.4 is 10.2 Å². The van der Waals surface area contributed by atoms with Crippen molar-refractivity contribution in [3.05, 3.63) is 69.6 Å². The van der Waals surface area contributed by atoms with E-state index in [9.17, 15) is 14.4 Å². The van der Waals surface area contributed by atoms with Crippen LogP contribution in [-0.4, -0.2) is 47.7 Å². The molecule has 2 aromatic carbocycles. The Morgan fingerprint density at radius 3 is 2.68 bits per heavy atom. The number of benzene rings is 2. The Balaban J connectivity index is 1.43. The van der Waals surface area contributed by atoms with Gasteiger partial charge in [-0.1, -0.05) is 35.0 Å². The van der Waals surface area contributed by atoms with Crippen LogP contribution in [0.25, 0.3) is 10.9 Å². The van der Waals surface area contributed by atoms with Crippen LogP contribution in [0.4, 0.5) is 8.78 Å². The Morgan fingerprint density at radius 2 is 2.00 bits per heavy atom. The quantitative estimate of drug-likeness (QED) is 0.206. The molecule has 1 amide bonds. The van der Waals surface area contributed by atoms with Crippen LogP contribution in [0, 0.1) is 23.1 Å². The number of nitrogens with zero attached hydrogens (tertiary/aromatic N) is 2. The lowest BCUT2D eigenvalue weighted by Crippen LogP contribution is -2.48. The number of methoxy groups -OCH3 is 1. The second kappa shape index (κ2) is 12.3. The van der Waals surface area contributed by atoms with E-state index in [1.165, 1.54) is 25.4 Å². The summed E-state index contributed by atoms with van der Waals surface area (Å²) in [4.78, 5) is 19.1. The molecule has 1 fully saturated rings. The first-order chi connectivity index (χ1) is 18.3. The Bertz CT molecular complexity index is 1380. The molecule has 0 spiro atoms. The lowest BCUT2D eigenvalue weighted by atomic mass is 9.73. The van der Waals surface area contributed by atoms with Gasteiger partial charge in [0.15, 0.2) is 0 Å². The van der Waals surface area contributed by atoms with Crippen molar-refractivity contribution in [1.29, 1.82) is 0 Å². The van der Waals surface area contributed by atoms with Crippen LogP contribution in [-0.2, 0) is 4.79 Å². The monoisotopic (exact) mass is 561 g/mol. The number of halogens is 4. The molecule has 3 aromatic rings. The third-order valence-corrected chi connectivity index (χ3v) is 7.70.